The first-order valence-corrected chi connectivity index (χ1v) is 15.5. The number of ether oxygens (including phenoxy) is 2. The fourth-order valence-corrected chi connectivity index (χ4v) is 6.68. The van der Waals surface area contributed by atoms with Crippen LogP contribution in [0.3, 0.4) is 0 Å². The van der Waals surface area contributed by atoms with Crippen molar-refractivity contribution in [2.45, 2.75) is 38.4 Å². The maximum atomic E-state index is 13.6. The van der Waals surface area contributed by atoms with Crippen molar-refractivity contribution < 1.29 is 18.7 Å². The van der Waals surface area contributed by atoms with Gasteiger partial charge in [-0.3, -0.25) is 4.79 Å². The second-order valence-corrected chi connectivity index (χ2v) is 12.3. The summed E-state index contributed by atoms with van der Waals surface area (Å²) in [5, 5.41) is 4.55. The molecule has 1 aliphatic carbocycles. The van der Waals surface area contributed by atoms with Crippen LogP contribution in [0.1, 0.15) is 28.8 Å². The molecule has 5 heterocycles. The molecule has 1 saturated heterocycles. The van der Waals surface area contributed by atoms with Crippen LogP contribution in [0.4, 0.5) is 4.39 Å². The van der Waals surface area contributed by atoms with Gasteiger partial charge in [-0.2, -0.15) is 4.39 Å². The van der Waals surface area contributed by atoms with Crippen molar-refractivity contribution in [1.82, 2.24) is 33.9 Å². The van der Waals surface area contributed by atoms with E-state index in [2.05, 4.69) is 44.7 Å². The van der Waals surface area contributed by atoms with Crippen molar-refractivity contribution >= 4 is 27.8 Å². The van der Waals surface area contributed by atoms with Gasteiger partial charge in [0.1, 0.15) is 12.4 Å². The lowest BCUT2D eigenvalue weighted by molar-refractivity contribution is 0.0512. The number of carbonyl (C=O) groups is 1. The lowest BCUT2D eigenvalue weighted by atomic mass is 9.97. The Hall–Kier alpha value is -4.22. The van der Waals surface area contributed by atoms with Crippen LogP contribution >= 0.6 is 0 Å². The van der Waals surface area contributed by atoms with E-state index in [1.165, 1.54) is 25.4 Å². The third-order valence-electron chi connectivity index (χ3n) is 9.17. The molecule has 228 valence electrons. The minimum Gasteiger partial charge on any atom is -0.490 e. The van der Waals surface area contributed by atoms with Crippen molar-refractivity contribution in [2.75, 3.05) is 39.5 Å². The molecule has 3 aliphatic rings. The second-order valence-electron chi connectivity index (χ2n) is 12.3. The van der Waals surface area contributed by atoms with Gasteiger partial charge in [0.15, 0.2) is 5.82 Å². The van der Waals surface area contributed by atoms with E-state index in [0.29, 0.717) is 38.8 Å². The van der Waals surface area contributed by atoms with E-state index in [1.807, 2.05) is 23.1 Å². The van der Waals surface area contributed by atoms with E-state index in [1.54, 1.807) is 4.57 Å². The average Bonchev–Trinajstić information content (AvgIpc) is 3.51. The number of benzene rings is 2. The van der Waals surface area contributed by atoms with E-state index in [0.717, 1.165) is 76.4 Å². The molecule has 2 fully saturated rings. The smallest absolute Gasteiger partial charge is 0.254 e. The highest BCUT2D eigenvalue weighted by Gasteiger charge is 2.30. The molecule has 10 nitrogen and oxygen atoms in total. The lowest BCUT2D eigenvalue weighted by Gasteiger charge is -2.33. The van der Waals surface area contributed by atoms with Crippen LogP contribution in [0, 0.1) is 11.9 Å². The maximum Gasteiger partial charge on any atom is 0.254 e. The van der Waals surface area contributed by atoms with Crippen LogP contribution in [0.5, 0.6) is 5.75 Å². The van der Waals surface area contributed by atoms with Crippen molar-refractivity contribution in [3.05, 3.63) is 66.0 Å². The predicted octanol–water partition coefficient (Wildman–Crippen LogP) is 4.01. The van der Waals surface area contributed by atoms with Crippen LogP contribution < -0.4 is 10.1 Å². The average molecular weight is 598 g/mol. The van der Waals surface area contributed by atoms with Gasteiger partial charge in [0, 0.05) is 50.2 Å². The summed E-state index contributed by atoms with van der Waals surface area (Å²) in [6, 6.07) is 12.6. The Balaban J connectivity index is 1.13. The van der Waals surface area contributed by atoms with Crippen LogP contribution in [-0.2, 0) is 31.3 Å². The number of imidazole rings is 2. The fourth-order valence-electron chi connectivity index (χ4n) is 6.68. The molecular formula is C33H36FN7O3. The molecule has 3 aromatic heterocycles. The molecule has 0 radical (unpaired) electrons. The van der Waals surface area contributed by atoms with Crippen molar-refractivity contribution in [1.29, 1.82) is 0 Å². The van der Waals surface area contributed by atoms with Crippen LogP contribution in [0.2, 0.25) is 0 Å². The molecule has 0 spiro atoms. The number of rotatable bonds is 9. The second kappa shape index (κ2) is 11.0. The summed E-state index contributed by atoms with van der Waals surface area (Å²) in [5.74, 6) is 1.86. The van der Waals surface area contributed by atoms with Gasteiger partial charge in [-0.1, -0.05) is 12.1 Å². The molecule has 1 saturated carbocycles. The number of halogens is 1. The Labute approximate surface area is 254 Å². The highest BCUT2D eigenvalue weighted by atomic mass is 19.1. The molecule has 8 rings (SSSR count). The predicted molar refractivity (Wildman–Crippen MR) is 164 cm³/mol. The molecule has 1 N–H and O–H groups in total. The summed E-state index contributed by atoms with van der Waals surface area (Å²) in [5.41, 5.74) is 5.75. The monoisotopic (exact) mass is 597 g/mol. The van der Waals surface area contributed by atoms with Gasteiger partial charge in [-0.05, 0) is 55.0 Å². The highest BCUT2D eigenvalue weighted by Crippen LogP contribution is 2.39. The summed E-state index contributed by atoms with van der Waals surface area (Å²) < 4.78 is 31.4. The standard InChI is InChI=1S/C33H36FN7O3/c1-38-27-13-22-7-9-40(17-24-19-43-11-8-35-24)33(42)25(22)15-26(27)37-32(38)28-14-23-3-2-4-29(31(23)41(28)16-21-5-6-21)44-12-10-39-18-30(34)36-20-39/h2-4,13-15,18,20-21,24,35H,5-12,16-17,19H2,1H3. The van der Waals surface area contributed by atoms with E-state index >= 15 is 0 Å². The Bertz CT molecular complexity index is 1860. The first kappa shape index (κ1) is 27.3. The molecule has 0 bridgehead atoms. The van der Waals surface area contributed by atoms with Gasteiger partial charge in [0.25, 0.3) is 5.91 Å². The number of morpholine rings is 1. The largest absolute Gasteiger partial charge is 0.490 e. The zero-order valence-corrected chi connectivity index (χ0v) is 24.8. The van der Waals surface area contributed by atoms with Gasteiger partial charge in [0.2, 0.25) is 5.95 Å². The summed E-state index contributed by atoms with van der Waals surface area (Å²) >= 11 is 0. The van der Waals surface area contributed by atoms with E-state index < -0.39 is 5.95 Å². The van der Waals surface area contributed by atoms with Crippen molar-refractivity contribution in [3.63, 3.8) is 0 Å². The molecular weight excluding hydrogens is 561 g/mol. The molecule has 1 unspecified atom stereocenters. The maximum absolute atomic E-state index is 13.6. The number of nitrogens with zero attached hydrogens (tertiary/aromatic N) is 6. The number of carbonyl (C=O) groups excluding carboxylic acids is 1. The Morgan fingerprint density at radius 1 is 1.18 bits per heavy atom. The zero-order valence-electron chi connectivity index (χ0n) is 24.8. The summed E-state index contributed by atoms with van der Waals surface area (Å²) in [4.78, 5) is 24.3. The van der Waals surface area contributed by atoms with E-state index in [9.17, 15) is 9.18 Å². The summed E-state index contributed by atoms with van der Waals surface area (Å²) in [6.45, 7) is 5.30. The van der Waals surface area contributed by atoms with Gasteiger partial charge in [-0.15, -0.1) is 0 Å². The fraction of sp³-hybridized carbons (Fsp3) is 0.424. The number of fused-ring (bicyclic) bond motifs is 3. The van der Waals surface area contributed by atoms with E-state index in [4.69, 9.17) is 14.5 Å². The summed E-state index contributed by atoms with van der Waals surface area (Å²) in [7, 11) is 2.06. The first-order chi connectivity index (χ1) is 21.5. The Morgan fingerprint density at radius 3 is 2.89 bits per heavy atom. The molecule has 1 amide bonds. The zero-order chi connectivity index (χ0) is 29.8. The van der Waals surface area contributed by atoms with Crippen LogP contribution in [0.15, 0.2) is 48.9 Å². The number of hydrogen-bond acceptors (Lipinski definition) is 6. The molecule has 2 aromatic carbocycles. The molecule has 2 aliphatic heterocycles. The molecule has 11 heteroatoms. The lowest BCUT2D eigenvalue weighted by Crippen LogP contribution is -2.51. The van der Waals surface area contributed by atoms with Crippen LogP contribution in [-0.4, -0.2) is 80.0 Å². The third kappa shape index (κ3) is 5.03. The summed E-state index contributed by atoms with van der Waals surface area (Å²) in [6.07, 6.45) is 6.09. The topological polar surface area (TPSA) is 91.4 Å². The quantitative estimate of drug-likeness (QED) is 0.276. The van der Waals surface area contributed by atoms with Crippen molar-refractivity contribution in [2.24, 2.45) is 13.0 Å². The number of hydrogen-bond donors (Lipinski definition) is 1. The number of nitrogens with one attached hydrogen (secondary N) is 1. The molecule has 44 heavy (non-hydrogen) atoms. The minimum absolute atomic E-state index is 0.0656. The number of aryl methyl sites for hydroxylation is 1. The van der Waals surface area contributed by atoms with Crippen molar-refractivity contribution in [3.8, 4) is 17.3 Å². The number of amides is 1. The normalized spacial score (nSPS) is 18.8. The Morgan fingerprint density at radius 2 is 2.09 bits per heavy atom. The first-order valence-electron chi connectivity index (χ1n) is 15.5. The number of aromatic nitrogens is 5. The minimum atomic E-state index is -0.494. The third-order valence-corrected chi connectivity index (χ3v) is 9.17. The SMILES string of the molecule is Cn1c(-c2cc3cccc(OCCn4cnc(F)c4)c3n2CC2CC2)nc2cc3c(cc21)CCN(CC1COCCN1)C3=O. The van der Waals surface area contributed by atoms with E-state index in [-0.39, 0.29) is 11.9 Å². The molecule has 5 aromatic rings. The number of para-hydroxylation sites is 1. The van der Waals surface area contributed by atoms with Gasteiger partial charge in [0.05, 0.1) is 54.5 Å². The van der Waals surface area contributed by atoms with Gasteiger partial charge in [-0.25, -0.2) is 9.97 Å². The molecule has 1 atom stereocenters. The highest BCUT2D eigenvalue weighted by molar-refractivity contribution is 6.01. The van der Waals surface area contributed by atoms with Gasteiger partial charge >= 0.3 is 0 Å². The van der Waals surface area contributed by atoms with Crippen LogP contribution in [0.25, 0.3) is 33.5 Å². The van der Waals surface area contributed by atoms with Gasteiger partial charge < -0.3 is 33.4 Å². The Kier molecular flexibility index (Phi) is 6.86.